The van der Waals surface area contributed by atoms with Gasteiger partial charge in [0.2, 0.25) is 0 Å². The minimum absolute atomic E-state index is 0.450. The molecule has 0 aliphatic carbocycles. The molecule has 12 heavy (non-hydrogen) atoms. The van der Waals surface area contributed by atoms with Crippen LogP contribution in [-0.4, -0.2) is 4.98 Å². The SMILES string of the molecule is C=C(C=CF)c1ccc(Br)cn1. The quantitative estimate of drug-likeness (QED) is 0.707. The van der Waals surface area contributed by atoms with Crippen molar-refractivity contribution in [3.05, 3.63) is 47.5 Å². The number of aromatic nitrogens is 1. The van der Waals surface area contributed by atoms with E-state index in [1.54, 1.807) is 12.3 Å². The maximum absolute atomic E-state index is 11.7. The van der Waals surface area contributed by atoms with Gasteiger partial charge in [-0.05, 0) is 39.7 Å². The number of nitrogens with zero attached hydrogens (tertiary/aromatic N) is 1. The van der Waals surface area contributed by atoms with Crippen LogP contribution in [0, 0.1) is 0 Å². The Morgan fingerprint density at radius 2 is 2.33 bits per heavy atom. The molecule has 0 bridgehead atoms. The predicted octanol–water partition coefficient (Wildman–Crippen LogP) is 3.34. The summed E-state index contributed by atoms with van der Waals surface area (Å²) in [6, 6.07) is 3.60. The Morgan fingerprint density at radius 3 is 2.83 bits per heavy atom. The van der Waals surface area contributed by atoms with Crippen LogP contribution < -0.4 is 0 Å². The van der Waals surface area contributed by atoms with Crippen LogP contribution in [0.4, 0.5) is 4.39 Å². The molecule has 1 aromatic rings. The van der Waals surface area contributed by atoms with Gasteiger partial charge in [-0.25, -0.2) is 4.39 Å². The molecule has 1 heterocycles. The Balaban J connectivity index is 2.90. The fraction of sp³-hybridized carbons (Fsp3) is 0. The monoisotopic (exact) mass is 227 g/mol. The zero-order chi connectivity index (χ0) is 8.97. The Labute approximate surface area is 78.8 Å². The minimum atomic E-state index is 0.450. The lowest BCUT2D eigenvalue weighted by Crippen LogP contribution is -1.83. The Morgan fingerprint density at radius 1 is 1.58 bits per heavy atom. The average Bonchev–Trinajstić information content (AvgIpc) is 2.06. The summed E-state index contributed by atoms with van der Waals surface area (Å²) in [7, 11) is 0. The van der Waals surface area contributed by atoms with E-state index in [9.17, 15) is 4.39 Å². The van der Waals surface area contributed by atoms with Gasteiger partial charge < -0.3 is 0 Å². The van der Waals surface area contributed by atoms with E-state index >= 15 is 0 Å². The highest BCUT2D eigenvalue weighted by atomic mass is 79.9. The molecule has 1 rings (SSSR count). The zero-order valence-corrected chi connectivity index (χ0v) is 7.88. The van der Waals surface area contributed by atoms with E-state index in [0.29, 0.717) is 17.6 Å². The lowest BCUT2D eigenvalue weighted by molar-refractivity contribution is 0.722. The van der Waals surface area contributed by atoms with Crippen LogP contribution in [0.2, 0.25) is 0 Å². The first-order valence-electron chi connectivity index (χ1n) is 3.31. The molecule has 0 aromatic carbocycles. The van der Waals surface area contributed by atoms with Gasteiger partial charge in [-0.3, -0.25) is 4.98 Å². The summed E-state index contributed by atoms with van der Waals surface area (Å²) >= 11 is 3.25. The average molecular weight is 228 g/mol. The number of hydrogen-bond acceptors (Lipinski definition) is 1. The van der Waals surface area contributed by atoms with Crippen molar-refractivity contribution in [2.75, 3.05) is 0 Å². The standard InChI is InChI=1S/C9H7BrFN/c1-7(4-5-11)9-3-2-8(10)6-12-9/h2-6H,1H2. The number of rotatable bonds is 2. The molecular weight excluding hydrogens is 221 g/mol. The molecule has 0 unspecified atom stereocenters. The molecule has 0 fully saturated rings. The molecule has 0 aliphatic heterocycles. The van der Waals surface area contributed by atoms with Crippen LogP contribution in [0.3, 0.4) is 0 Å². The topological polar surface area (TPSA) is 12.9 Å². The zero-order valence-electron chi connectivity index (χ0n) is 6.30. The minimum Gasteiger partial charge on any atom is -0.255 e. The van der Waals surface area contributed by atoms with E-state index < -0.39 is 0 Å². The maximum Gasteiger partial charge on any atom is 0.0873 e. The van der Waals surface area contributed by atoms with Crippen molar-refractivity contribution in [2.45, 2.75) is 0 Å². The van der Waals surface area contributed by atoms with Gasteiger partial charge in [0.15, 0.2) is 0 Å². The van der Waals surface area contributed by atoms with Crippen LogP contribution in [0.15, 0.2) is 41.8 Å². The van der Waals surface area contributed by atoms with E-state index in [1.807, 2.05) is 6.07 Å². The second-order valence-corrected chi connectivity index (χ2v) is 3.10. The summed E-state index contributed by atoms with van der Waals surface area (Å²) in [4.78, 5) is 4.03. The van der Waals surface area contributed by atoms with Crippen molar-refractivity contribution < 1.29 is 4.39 Å². The fourth-order valence-electron chi connectivity index (χ4n) is 0.727. The highest BCUT2D eigenvalue weighted by Gasteiger charge is 1.95. The van der Waals surface area contributed by atoms with Crippen molar-refractivity contribution >= 4 is 21.5 Å². The maximum atomic E-state index is 11.7. The first kappa shape index (κ1) is 9.13. The molecule has 1 aromatic heterocycles. The largest absolute Gasteiger partial charge is 0.255 e. The van der Waals surface area contributed by atoms with Gasteiger partial charge >= 0.3 is 0 Å². The predicted molar refractivity (Wildman–Crippen MR) is 51.2 cm³/mol. The van der Waals surface area contributed by atoms with Gasteiger partial charge in [-0.15, -0.1) is 0 Å². The molecule has 0 saturated heterocycles. The van der Waals surface area contributed by atoms with Gasteiger partial charge in [0, 0.05) is 10.7 Å². The summed E-state index contributed by atoms with van der Waals surface area (Å²) in [6.45, 7) is 3.64. The molecule has 3 heteroatoms. The Kier molecular flexibility index (Phi) is 3.17. The third-order valence-corrected chi connectivity index (χ3v) is 1.79. The van der Waals surface area contributed by atoms with E-state index in [1.165, 1.54) is 6.08 Å². The summed E-state index contributed by atoms with van der Waals surface area (Å²) < 4.78 is 12.6. The fourth-order valence-corrected chi connectivity index (χ4v) is 0.962. The number of hydrogen-bond donors (Lipinski definition) is 0. The smallest absolute Gasteiger partial charge is 0.0873 e. The van der Waals surface area contributed by atoms with E-state index in [0.717, 1.165) is 4.47 Å². The molecule has 0 N–H and O–H groups in total. The van der Waals surface area contributed by atoms with Crippen LogP contribution in [0.1, 0.15) is 5.69 Å². The van der Waals surface area contributed by atoms with Gasteiger partial charge in [0.05, 0.1) is 12.0 Å². The molecule has 0 spiro atoms. The summed E-state index contributed by atoms with van der Waals surface area (Å²) in [5, 5.41) is 0. The first-order chi connectivity index (χ1) is 5.74. The number of pyridine rings is 1. The number of halogens is 2. The van der Waals surface area contributed by atoms with Crippen LogP contribution in [0.5, 0.6) is 0 Å². The molecule has 0 radical (unpaired) electrons. The molecule has 1 nitrogen and oxygen atoms in total. The lowest BCUT2D eigenvalue weighted by Gasteiger charge is -1.97. The normalized spacial score (nSPS) is 10.5. The third-order valence-electron chi connectivity index (χ3n) is 1.32. The third kappa shape index (κ3) is 2.27. The molecule has 62 valence electrons. The second kappa shape index (κ2) is 4.16. The second-order valence-electron chi connectivity index (χ2n) is 2.18. The van der Waals surface area contributed by atoms with Crippen molar-refractivity contribution in [1.82, 2.24) is 4.98 Å². The molecular formula is C9H7BrFN. The summed E-state index contributed by atoms with van der Waals surface area (Å²) in [5.74, 6) is 0. The first-order valence-corrected chi connectivity index (χ1v) is 4.11. The van der Waals surface area contributed by atoms with Crippen molar-refractivity contribution in [2.24, 2.45) is 0 Å². The van der Waals surface area contributed by atoms with Crippen molar-refractivity contribution in [3.63, 3.8) is 0 Å². The molecule has 0 saturated carbocycles. The summed E-state index contributed by atoms with van der Waals surface area (Å²) in [6.07, 6.45) is 3.37. The molecule has 0 amide bonds. The van der Waals surface area contributed by atoms with Crippen LogP contribution in [-0.2, 0) is 0 Å². The summed E-state index contributed by atoms with van der Waals surface area (Å²) in [5.41, 5.74) is 1.23. The van der Waals surface area contributed by atoms with E-state index in [4.69, 9.17) is 0 Å². The number of allylic oxidation sites excluding steroid dienone is 2. The van der Waals surface area contributed by atoms with E-state index in [2.05, 4.69) is 27.5 Å². The molecule has 0 aliphatic rings. The van der Waals surface area contributed by atoms with E-state index in [-0.39, 0.29) is 0 Å². The highest BCUT2D eigenvalue weighted by molar-refractivity contribution is 9.10. The van der Waals surface area contributed by atoms with Gasteiger partial charge in [0.25, 0.3) is 0 Å². The van der Waals surface area contributed by atoms with Crippen LogP contribution in [0.25, 0.3) is 5.57 Å². The highest BCUT2D eigenvalue weighted by Crippen LogP contribution is 2.14. The van der Waals surface area contributed by atoms with Gasteiger partial charge in [-0.2, -0.15) is 0 Å². The van der Waals surface area contributed by atoms with Gasteiger partial charge in [0.1, 0.15) is 0 Å². The van der Waals surface area contributed by atoms with Crippen LogP contribution >= 0.6 is 15.9 Å². The molecule has 0 atom stereocenters. The lowest BCUT2D eigenvalue weighted by atomic mass is 10.2. The Bertz CT molecular complexity index is 303. The van der Waals surface area contributed by atoms with Gasteiger partial charge in [-0.1, -0.05) is 6.58 Å². The van der Waals surface area contributed by atoms with Crippen molar-refractivity contribution in [1.29, 1.82) is 0 Å². The van der Waals surface area contributed by atoms with Crippen molar-refractivity contribution in [3.8, 4) is 0 Å². The Hall–Kier alpha value is -0.960.